The van der Waals surface area contributed by atoms with Crippen molar-refractivity contribution in [3.05, 3.63) is 137 Å². The SMILES string of the molecule is NC(=O)NCc1cc(C(O)CN(CCCCCCOCCCCc2ccccc2)Cc2ccccc2)ccc1OCc1ccccc1. The zero-order chi connectivity index (χ0) is 32.9. The minimum absolute atomic E-state index is 0.213. The van der Waals surface area contributed by atoms with E-state index in [2.05, 4.69) is 64.8 Å². The Hall–Kier alpha value is -4.17. The molecule has 0 spiro atoms. The van der Waals surface area contributed by atoms with Gasteiger partial charge in [0.2, 0.25) is 0 Å². The van der Waals surface area contributed by atoms with Crippen molar-refractivity contribution in [3.8, 4) is 5.75 Å². The van der Waals surface area contributed by atoms with Gasteiger partial charge in [0.15, 0.2) is 0 Å². The van der Waals surface area contributed by atoms with Crippen molar-refractivity contribution < 1.29 is 19.4 Å². The minimum Gasteiger partial charge on any atom is -0.489 e. The molecule has 4 aromatic rings. The number of carbonyl (C=O) groups is 1. The highest BCUT2D eigenvalue weighted by atomic mass is 16.5. The molecule has 0 aliphatic heterocycles. The van der Waals surface area contributed by atoms with E-state index in [0.717, 1.165) is 87.9 Å². The fourth-order valence-electron chi connectivity index (χ4n) is 5.60. The molecule has 0 aromatic heterocycles. The van der Waals surface area contributed by atoms with Gasteiger partial charge in [-0.2, -0.15) is 0 Å². The van der Waals surface area contributed by atoms with Crippen molar-refractivity contribution in [2.24, 2.45) is 5.73 Å². The Morgan fingerprint density at radius 1 is 0.745 bits per heavy atom. The summed E-state index contributed by atoms with van der Waals surface area (Å²) in [5.41, 5.74) is 10.6. The lowest BCUT2D eigenvalue weighted by atomic mass is 10.0. The first kappa shape index (κ1) is 35.7. The Kier molecular flexibility index (Phi) is 15.8. The number of unbranched alkanes of at least 4 members (excludes halogenated alkanes) is 4. The third-order valence-electron chi connectivity index (χ3n) is 8.20. The van der Waals surface area contributed by atoms with E-state index in [-0.39, 0.29) is 6.54 Å². The summed E-state index contributed by atoms with van der Waals surface area (Å²) in [6, 6.07) is 36.0. The first-order chi connectivity index (χ1) is 23.1. The molecule has 0 bridgehead atoms. The molecule has 1 atom stereocenters. The lowest BCUT2D eigenvalue weighted by molar-refractivity contribution is 0.106. The molecule has 0 saturated heterocycles. The molecule has 4 rings (SSSR count). The maximum atomic E-state index is 11.5. The molecule has 4 aromatic carbocycles. The van der Waals surface area contributed by atoms with Crippen molar-refractivity contribution in [2.45, 2.75) is 70.7 Å². The number of rotatable bonds is 22. The average molecular weight is 638 g/mol. The topological polar surface area (TPSA) is 97.1 Å². The second-order valence-corrected chi connectivity index (χ2v) is 12.1. The molecule has 0 aliphatic rings. The zero-order valence-electron chi connectivity index (χ0n) is 27.6. The van der Waals surface area contributed by atoms with Gasteiger partial charge in [-0.05, 0) is 73.0 Å². The number of nitrogens with one attached hydrogen (secondary N) is 1. The van der Waals surface area contributed by atoms with Gasteiger partial charge in [0.05, 0.1) is 6.10 Å². The van der Waals surface area contributed by atoms with Crippen LogP contribution >= 0.6 is 0 Å². The van der Waals surface area contributed by atoms with Crippen LogP contribution in [0.3, 0.4) is 0 Å². The zero-order valence-corrected chi connectivity index (χ0v) is 27.6. The second-order valence-electron chi connectivity index (χ2n) is 12.1. The van der Waals surface area contributed by atoms with E-state index >= 15 is 0 Å². The average Bonchev–Trinajstić information content (AvgIpc) is 3.10. The van der Waals surface area contributed by atoms with Crippen LogP contribution in [-0.4, -0.2) is 42.3 Å². The van der Waals surface area contributed by atoms with E-state index in [9.17, 15) is 9.90 Å². The number of carbonyl (C=O) groups excluding carboxylic acids is 1. The Bertz CT molecular complexity index is 1420. The van der Waals surface area contributed by atoms with Gasteiger partial charge < -0.3 is 25.6 Å². The summed E-state index contributed by atoms with van der Waals surface area (Å²) in [6.07, 6.45) is 7.03. The first-order valence-electron chi connectivity index (χ1n) is 17.0. The monoisotopic (exact) mass is 637 g/mol. The number of hydrogen-bond acceptors (Lipinski definition) is 5. The standard InChI is InChI=1S/C40H51N3O4/c41-40(45)42-29-37-28-36(23-24-39(37)47-32-35-21-10-5-11-22-35)38(44)31-43(30-34-19-8-4-9-20-34)25-13-1-2-14-26-46-27-15-12-18-33-16-6-3-7-17-33/h3-11,16-17,19-24,28,38,44H,1-2,12-15,18,25-27,29-32H2,(H3,41,42,45). The predicted octanol–water partition coefficient (Wildman–Crippen LogP) is 7.57. The van der Waals surface area contributed by atoms with Gasteiger partial charge in [-0.15, -0.1) is 0 Å². The van der Waals surface area contributed by atoms with Crippen LogP contribution in [0.15, 0.2) is 109 Å². The highest BCUT2D eigenvalue weighted by Gasteiger charge is 2.17. The predicted molar refractivity (Wildman–Crippen MR) is 189 cm³/mol. The second kappa shape index (κ2) is 20.9. The van der Waals surface area contributed by atoms with E-state index in [4.69, 9.17) is 15.2 Å². The molecule has 4 N–H and O–H groups in total. The van der Waals surface area contributed by atoms with Gasteiger partial charge in [0.1, 0.15) is 12.4 Å². The molecule has 47 heavy (non-hydrogen) atoms. The smallest absolute Gasteiger partial charge is 0.312 e. The van der Waals surface area contributed by atoms with Crippen molar-refractivity contribution in [3.63, 3.8) is 0 Å². The van der Waals surface area contributed by atoms with Gasteiger partial charge in [-0.25, -0.2) is 4.79 Å². The maximum absolute atomic E-state index is 11.5. The summed E-state index contributed by atoms with van der Waals surface area (Å²) in [6.45, 7) is 4.40. The van der Waals surface area contributed by atoms with Gasteiger partial charge in [0, 0.05) is 38.4 Å². The summed E-state index contributed by atoms with van der Waals surface area (Å²) in [7, 11) is 0. The van der Waals surface area contributed by atoms with Crippen LogP contribution in [-0.2, 0) is 30.9 Å². The number of aliphatic hydroxyl groups excluding tert-OH is 1. The van der Waals surface area contributed by atoms with Crippen LogP contribution in [0.2, 0.25) is 0 Å². The quantitative estimate of drug-likeness (QED) is 0.0773. The maximum Gasteiger partial charge on any atom is 0.312 e. The van der Waals surface area contributed by atoms with Crippen LogP contribution in [0.1, 0.15) is 72.4 Å². The van der Waals surface area contributed by atoms with Crippen molar-refractivity contribution in [1.29, 1.82) is 0 Å². The van der Waals surface area contributed by atoms with Crippen LogP contribution < -0.4 is 15.8 Å². The van der Waals surface area contributed by atoms with Crippen molar-refractivity contribution in [1.82, 2.24) is 10.2 Å². The van der Waals surface area contributed by atoms with E-state index in [1.807, 2.05) is 54.6 Å². The van der Waals surface area contributed by atoms with Crippen molar-refractivity contribution >= 4 is 6.03 Å². The van der Waals surface area contributed by atoms with Gasteiger partial charge in [-0.3, -0.25) is 4.90 Å². The normalized spacial score (nSPS) is 11.8. The Balaban J connectivity index is 1.24. The summed E-state index contributed by atoms with van der Waals surface area (Å²) < 4.78 is 12.0. The number of aryl methyl sites for hydroxylation is 1. The van der Waals surface area contributed by atoms with Crippen LogP contribution in [0.5, 0.6) is 5.75 Å². The number of urea groups is 1. The number of aliphatic hydroxyl groups is 1. The number of nitrogens with zero attached hydrogens (tertiary/aromatic N) is 1. The highest BCUT2D eigenvalue weighted by molar-refractivity contribution is 5.71. The Labute approximate surface area is 280 Å². The fourth-order valence-corrected chi connectivity index (χ4v) is 5.60. The number of nitrogens with two attached hydrogens (primary N) is 1. The molecule has 0 fully saturated rings. The molecule has 7 heteroatoms. The lowest BCUT2D eigenvalue weighted by Gasteiger charge is -2.26. The number of amides is 2. The highest BCUT2D eigenvalue weighted by Crippen LogP contribution is 2.26. The first-order valence-corrected chi connectivity index (χ1v) is 17.0. The van der Waals surface area contributed by atoms with Gasteiger partial charge in [-0.1, -0.05) is 110 Å². The molecule has 1 unspecified atom stereocenters. The van der Waals surface area contributed by atoms with E-state index < -0.39 is 12.1 Å². The van der Waals surface area contributed by atoms with E-state index in [1.54, 1.807) is 0 Å². The molecule has 0 radical (unpaired) electrons. The van der Waals surface area contributed by atoms with Gasteiger partial charge >= 0.3 is 6.03 Å². The molecule has 0 heterocycles. The Morgan fingerprint density at radius 3 is 2.04 bits per heavy atom. The molecule has 2 amide bonds. The largest absolute Gasteiger partial charge is 0.489 e. The number of hydrogen-bond donors (Lipinski definition) is 3. The third kappa shape index (κ3) is 14.0. The molecule has 250 valence electrons. The van der Waals surface area contributed by atoms with E-state index in [0.29, 0.717) is 18.9 Å². The van der Waals surface area contributed by atoms with Crippen LogP contribution in [0, 0.1) is 0 Å². The number of ether oxygens (including phenoxy) is 2. The molecule has 7 nitrogen and oxygen atoms in total. The van der Waals surface area contributed by atoms with Crippen LogP contribution in [0.25, 0.3) is 0 Å². The molecular formula is C40H51N3O4. The van der Waals surface area contributed by atoms with Crippen LogP contribution in [0.4, 0.5) is 4.79 Å². The van der Waals surface area contributed by atoms with E-state index in [1.165, 1.54) is 11.1 Å². The fraction of sp³-hybridized carbons (Fsp3) is 0.375. The molecular weight excluding hydrogens is 586 g/mol. The number of primary amides is 1. The lowest BCUT2D eigenvalue weighted by Crippen LogP contribution is -2.30. The summed E-state index contributed by atoms with van der Waals surface area (Å²) >= 11 is 0. The summed E-state index contributed by atoms with van der Waals surface area (Å²) in [5.74, 6) is 0.649. The molecule has 0 aliphatic carbocycles. The third-order valence-corrected chi connectivity index (χ3v) is 8.20. The summed E-state index contributed by atoms with van der Waals surface area (Å²) in [4.78, 5) is 13.8. The molecule has 0 saturated carbocycles. The number of benzene rings is 4. The van der Waals surface area contributed by atoms with Gasteiger partial charge in [0.25, 0.3) is 0 Å². The van der Waals surface area contributed by atoms with Crippen molar-refractivity contribution in [2.75, 3.05) is 26.3 Å². The summed E-state index contributed by atoms with van der Waals surface area (Å²) in [5, 5.41) is 14.0. The Morgan fingerprint density at radius 2 is 1.36 bits per heavy atom. The minimum atomic E-state index is -0.704.